The Morgan fingerprint density at radius 3 is 1.25 bits per heavy atom. The molecule has 0 aliphatic carbocycles. The highest BCUT2D eigenvalue weighted by Gasteiger charge is 2.08. The summed E-state index contributed by atoms with van der Waals surface area (Å²) in [5.41, 5.74) is 13.2. The molecule has 0 heterocycles. The predicted molar refractivity (Wildman–Crippen MR) is 159 cm³/mol. The van der Waals surface area contributed by atoms with E-state index in [1.165, 1.54) is 81.3 Å². The third kappa shape index (κ3) is 6.52. The van der Waals surface area contributed by atoms with Gasteiger partial charge in [0.25, 0.3) is 0 Å². The first-order valence-corrected chi connectivity index (χ1v) is 13.2. The number of hydrogen-bond donors (Lipinski definition) is 0. The van der Waals surface area contributed by atoms with Crippen LogP contribution in [0.15, 0.2) is 98.1 Å². The molecule has 0 aromatic heterocycles. The van der Waals surface area contributed by atoms with Gasteiger partial charge in [0.1, 0.15) is 0 Å². The second kappa shape index (κ2) is 12.4. The van der Waals surface area contributed by atoms with Crippen LogP contribution in [0.5, 0.6) is 0 Å². The first-order valence-electron chi connectivity index (χ1n) is 13.2. The molecule has 0 radical (unpaired) electrons. The molecular formula is C36H38. The Kier molecular flexibility index (Phi) is 8.74. The molecular weight excluding hydrogens is 432 g/mol. The molecule has 182 valence electrons. The zero-order valence-electron chi connectivity index (χ0n) is 21.9. The Hall–Kier alpha value is -3.64. The lowest BCUT2D eigenvalue weighted by molar-refractivity contribution is 0.641. The van der Waals surface area contributed by atoms with Gasteiger partial charge in [-0.2, -0.15) is 0 Å². The summed E-state index contributed by atoms with van der Waals surface area (Å²) in [5, 5.41) is 0. The van der Waals surface area contributed by atoms with E-state index in [9.17, 15) is 0 Å². The number of unbranched alkanes of at least 4 members (excludes halogenated alkanes) is 3. The molecule has 0 fully saturated rings. The molecule has 0 aliphatic heterocycles. The lowest BCUT2D eigenvalue weighted by Gasteiger charge is -2.13. The molecule has 4 aromatic carbocycles. The number of aryl methyl sites for hydroxylation is 4. The minimum absolute atomic E-state index is 1.13. The zero-order chi connectivity index (χ0) is 25.3. The summed E-state index contributed by atoms with van der Waals surface area (Å²) >= 11 is 0. The van der Waals surface area contributed by atoms with Crippen LogP contribution < -0.4 is 0 Å². The van der Waals surface area contributed by atoms with E-state index in [4.69, 9.17) is 0 Å². The smallest absolute Gasteiger partial charge is 0.0149 e. The van der Waals surface area contributed by atoms with Crippen molar-refractivity contribution in [3.05, 3.63) is 131 Å². The molecule has 0 aliphatic rings. The van der Waals surface area contributed by atoms with Crippen LogP contribution >= 0.6 is 0 Å². The van der Waals surface area contributed by atoms with Crippen molar-refractivity contribution in [2.75, 3.05) is 0 Å². The van der Waals surface area contributed by atoms with Crippen LogP contribution in [-0.4, -0.2) is 0 Å². The molecule has 0 N–H and O–H groups in total. The van der Waals surface area contributed by atoms with Crippen molar-refractivity contribution < 1.29 is 0 Å². The minimum atomic E-state index is 1.13. The lowest BCUT2D eigenvalue weighted by Crippen LogP contribution is -1.94. The summed E-state index contributed by atoms with van der Waals surface area (Å²) in [4.78, 5) is 0. The fraction of sp³-hybridized carbons (Fsp3) is 0.222. The van der Waals surface area contributed by atoms with E-state index in [0.717, 1.165) is 12.8 Å². The van der Waals surface area contributed by atoms with Crippen LogP contribution in [-0.2, 0) is 12.8 Å². The molecule has 0 atom stereocenters. The third-order valence-corrected chi connectivity index (χ3v) is 7.09. The van der Waals surface area contributed by atoms with Gasteiger partial charge in [0.15, 0.2) is 0 Å². The van der Waals surface area contributed by atoms with Gasteiger partial charge in [0.05, 0.1) is 0 Å². The van der Waals surface area contributed by atoms with Crippen LogP contribution in [0.2, 0.25) is 0 Å². The maximum Gasteiger partial charge on any atom is -0.0149 e. The average Bonchev–Trinajstić information content (AvgIpc) is 2.92. The second-order valence-electron chi connectivity index (χ2n) is 9.89. The fourth-order valence-electron chi connectivity index (χ4n) is 4.94. The Bertz CT molecular complexity index is 1200. The van der Waals surface area contributed by atoms with Crippen molar-refractivity contribution in [2.24, 2.45) is 0 Å². The molecule has 0 nitrogen and oxygen atoms in total. The molecule has 0 bridgehead atoms. The van der Waals surface area contributed by atoms with Crippen molar-refractivity contribution in [1.82, 2.24) is 0 Å². The van der Waals surface area contributed by atoms with Crippen molar-refractivity contribution in [3.63, 3.8) is 0 Å². The maximum absolute atomic E-state index is 3.88. The van der Waals surface area contributed by atoms with Gasteiger partial charge in [-0.15, -0.1) is 0 Å². The molecule has 0 saturated carbocycles. The standard InChI is InChI=1S/C36H38/c1-5-29-15-21-33(22-16-29)35-25-27(3)13-19-31(35)11-9-7-8-10-12-32-20-14-28(4)26-36(32)34-23-17-30(6-2)18-24-34/h5-6,13-26H,1-2,7-12H2,3-4H3. The van der Waals surface area contributed by atoms with E-state index in [-0.39, 0.29) is 0 Å². The van der Waals surface area contributed by atoms with Gasteiger partial charge >= 0.3 is 0 Å². The molecule has 4 rings (SSSR count). The van der Waals surface area contributed by atoms with E-state index >= 15 is 0 Å². The SMILES string of the molecule is C=Cc1ccc(-c2cc(C)ccc2CCCCCCc2ccc(C)cc2-c2ccc(C=C)cc2)cc1. The molecule has 0 spiro atoms. The van der Waals surface area contributed by atoms with E-state index < -0.39 is 0 Å². The quantitative estimate of drug-likeness (QED) is 0.191. The fourth-order valence-corrected chi connectivity index (χ4v) is 4.94. The molecule has 0 heteroatoms. The number of benzene rings is 4. The number of hydrogen-bond acceptors (Lipinski definition) is 0. The van der Waals surface area contributed by atoms with E-state index in [2.05, 4.69) is 112 Å². The predicted octanol–water partition coefficient (Wildman–Crippen LogP) is 10.3. The zero-order valence-corrected chi connectivity index (χ0v) is 21.9. The largest absolute Gasteiger partial charge is 0.0985 e. The maximum atomic E-state index is 3.88. The van der Waals surface area contributed by atoms with Crippen LogP contribution in [0.4, 0.5) is 0 Å². The Balaban J connectivity index is 1.33. The average molecular weight is 471 g/mol. The van der Waals surface area contributed by atoms with Gasteiger partial charge in [0.2, 0.25) is 0 Å². The molecule has 0 saturated heterocycles. The van der Waals surface area contributed by atoms with Gasteiger partial charge in [-0.25, -0.2) is 0 Å². The summed E-state index contributed by atoms with van der Waals surface area (Å²) in [5.74, 6) is 0. The van der Waals surface area contributed by atoms with Gasteiger partial charge in [-0.3, -0.25) is 0 Å². The third-order valence-electron chi connectivity index (χ3n) is 7.09. The van der Waals surface area contributed by atoms with Crippen molar-refractivity contribution in [1.29, 1.82) is 0 Å². The van der Waals surface area contributed by atoms with Crippen molar-refractivity contribution in [2.45, 2.75) is 52.4 Å². The highest BCUT2D eigenvalue weighted by molar-refractivity contribution is 5.70. The summed E-state index contributed by atoms with van der Waals surface area (Å²) < 4.78 is 0. The first kappa shape index (κ1) is 25.5. The molecule has 0 unspecified atom stereocenters. The van der Waals surface area contributed by atoms with E-state index in [1.54, 1.807) is 0 Å². The topological polar surface area (TPSA) is 0 Å². The summed E-state index contributed by atoms with van der Waals surface area (Å²) in [7, 11) is 0. The summed E-state index contributed by atoms with van der Waals surface area (Å²) in [6.45, 7) is 12.1. The minimum Gasteiger partial charge on any atom is -0.0985 e. The van der Waals surface area contributed by atoms with Gasteiger partial charge in [-0.1, -0.05) is 134 Å². The molecule has 0 amide bonds. The first-order chi connectivity index (χ1) is 17.6. The molecule has 4 aromatic rings. The Labute approximate surface area is 218 Å². The molecule has 36 heavy (non-hydrogen) atoms. The summed E-state index contributed by atoms with van der Waals surface area (Å²) in [6.07, 6.45) is 11.0. The van der Waals surface area contributed by atoms with Crippen molar-refractivity contribution >= 4 is 12.2 Å². The van der Waals surface area contributed by atoms with Crippen molar-refractivity contribution in [3.8, 4) is 22.3 Å². The van der Waals surface area contributed by atoms with Gasteiger partial charge in [-0.05, 0) is 84.0 Å². The monoisotopic (exact) mass is 470 g/mol. The van der Waals surface area contributed by atoms with Crippen LogP contribution in [0.1, 0.15) is 59.1 Å². The normalized spacial score (nSPS) is 10.8. The Morgan fingerprint density at radius 2 is 0.889 bits per heavy atom. The highest BCUT2D eigenvalue weighted by Crippen LogP contribution is 2.29. The van der Waals surface area contributed by atoms with Gasteiger partial charge in [0, 0.05) is 0 Å². The Morgan fingerprint density at radius 1 is 0.500 bits per heavy atom. The van der Waals surface area contributed by atoms with Gasteiger partial charge < -0.3 is 0 Å². The van der Waals surface area contributed by atoms with Crippen LogP contribution in [0.3, 0.4) is 0 Å². The van der Waals surface area contributed by atoms with Crippen LogP contribution in [0.25, 0.3) is 34.4 Å². The van der Waals surface area contributed by atoms with E-state index in [1.807, 2.05) is 12.2 Å². The summed E-state index contributed by atoms with van der Waals surface area (Å²) in [6, 6.07) is 31.3. The van der Waals surface area contributed by atoms with Crippen LogP contribution in [0, 0.1) is 13.8 Å². The second-order valence-corrected chi connectivity index (χ2v) is 9.89. The number of rotatable bonds is 11. The highest BCUT2D eigenvalue weighted by atomic mass is 14.1. The lowest BCUT2D eigenvalue weighted by atomic mass is 9.92. The van der Waals surface area contributed by atoms with E-state index in [0.29, 0.717) is 0 Å².